The van der Waals surface area contributed by atoms with Crippen molar-refractivity contribution in [3.05, 3.63) is 41.2 Å². The lowest BCUT2D eigenvalue weighted by molar-refractivity contribution is 0.0498. The number of hydrogen-bond acceptors (Lipinski definition) is 4. The van der Waals surface area contributed by atoms with E-state index in [1.165, 1.54) is 6.42 Å². The molecule has 0 atom stereocenters. The molecule has 1 aliphatic carbocycles. The van der Waals surface area contributed by atoms with E-state index in [1.807, 2.05) is 12.3 Å². The molecule has 2 heterocycles. The minimum atomic E-state index is -0.0541. The van der Waals surface area contributed by atoms with E-state index in [2.05, 4.69) is 10.3 Å². The van der Waals surface area contributed by atoms with Crippen LogP contribution in [0.2, 0.25) is 5.02 Å². The van der Waals surface area contributed by atoms with Crippen LogP contribution in [0.3, 0.4) is 0 Å². The normalized spacial score (nSPS) is 18.4. The van der Waals surface area contributed by atoms with Crippen molar-refractivity contribution in [3.63, 3.8) is 0 Å². The monoisotopic (exact) mass is 332 g/mol. The number of nitrogens with zero attached hydrogens (tertiary/aromatic N) is 4. The first-order valence-corrected chi connectivity index (χ1v) is 8.20. The van der Waals surface area contributed by atoms with E-state index in [1.54, 1.807) is 27.9 Å². The molecule has 1 aromatic heterocycles. The summed E-state index contributed by atoms with van der Waals surface area (Å²) < 4.78 is 7.58. The van der Waals surface area contributed by atoms with Gasteiger partial charge in [0.05, 0.1) is 28.9 Å². The van der Waals surface area contributed by atoms with Crippen LogP contribution in [0.25, 0.3) is 0 Å². The minimum absolute atomic E-state index is 0.0541. The molecule has 0 unspecified atom stereocenters. The Kier molecular flexibility index (Phi) is 3.69. The van der Waals surface area contributed by atoms with E-state index >= 15 is 0 Å². The van der Waals surface area contributed by atoms with Gasteiger partial charge in [-0.15, -0.1) is 5.10 Å². The van der Waals surface area contributed by atoms with Crippen LogP contribution in [0.1, 0.15) is 35.7 Å². The maximum Gasteiger partial charge on any atom is 0.255 e. The zero-order valence-electron chi connectivity index (χ0n) is 12.6. The van der Waals surface area contributed by atoms with Crippen LogP contribution in [0, 0.1) is 0 Å². The van der Waals surface area contributed by atoms with E-state index in [9.17, 15) is 4.79 Å². The van der Waals surface area contributed by atoms with Crippen molar-refractivity contribution < 1.29 is 9.53 Å². The maximum absolute atomic E-state index is 12.5. The summed E-state index contributed by atoms with van der Waals surface area (Å²) in [6, 6.07) is 5.51. The molecule has 2 fully saturated rings. The van der Waals surface area contributed by atoms with Gasteiger partial charge in [0.25, 0.3) is 5.91 Å². The van der Waals surface area contributed by atoms with Gasteiger partial charge in [-0.25, -0.2) is 4.68 Å². The van der Waals surface area contributed by atoms with E-state index in [-0.39, 0.29) is 11.9 Å². The fourth-order valence-corrected chi connectivity index (χ4v) is 3.05. The zero-order chi connectivity index (χ0) is 15.8. The predicted octanol–water partition coefficient (Wildman–Crippen LogP) is 2.56. The van der Waals surface area contributed by atoms with Crippen molar-refractivity contribution in [1.82, 2.24) is 19.9 Å². The van der Waals surface area contributed by atoms with Crippen LogP contribution < -0.4 is 4.74 Å². The molecule has 0 N–H and O–H groups in total. The number of carbonyl (C=O) groups excluding carboxylic acids is 1. The highest BCUT2D eigenvalue weighted by molar-refractivity contribution is 6.34. The second kappa shape index (κ2) is 5.85. The second-order valence-electron chi connectivity index (χ2n) is 6.06. The number of rotatable bonds is 4. The molecule has 0 spiro atoms. The molecule has 1 aliphatic heterocycles. The third-order valence-electron chi connectivity index (χ3n) is 4.49. The summed E-state index contributed by atoms with van der Waals surface area (Å²) in [6.45, 7) is 1.25. The van der Waals surface area contributed by atoms with Gasteiger partial charge in [0.15, 0.2) is 0 Å². The fourth-order valence-electron chi connectivity index (χ4n) is 2.79. The molecule has 1 saturated carbocycles. The number of halogens is 1. The highest BCUT2D eigenvalue weighted by Gasteiger charge is 2.33. The van der Waals surface area contributed by atoms with Crippen molar-refractivity contribution in [2.45, 2.75) is 31.4 Å². The lowest BCUT2D eigenvalue weighted by Gasteiger charge is -2.39. The van der Waals surface area contributed by atoms with Gasteiger partial charge in [-0.05, 0) is 37.5 Å². The van der Waals surface area contributed by atoms with E-state index in [0.717, 1.165) is 18.6 Å². The molecule has 1 saturated heterocycles. The molecule has 1 amide bonds. The molecule has 2 aliphatic rings. The molecule has 1 aromatic carbocycles. The topological polar surface area (TPSA) is 60.2 Å². The minimum Gasteiger partial charge on any atom is -0.490 e. The quantitative estimate of drug-likeness (QED) is 0.863. The Morgan fingerprint density at radius 1 is 1.30 bits per heavy atom. The molecular weight excluding hydrogens is 316 g/mol. The van der Waals surface area contributed by atoms with Gasteiger partial charge in [0.1, 0.15) is 5.75 Å². The molecule has 6 nitrogen and oxygen atoms in total. The molecular formula is C16H17ClN4O2. The van der Waals surface area contributed by atoms with Crippen LogP contribution >= 0.6 is 11.6 Å². The summed E-state index contributed by atoms with van der Waals surface area (Å²) in [7, 11) is 0. The summed E-state index contributed by atoms with van der Waals surface area (Å²) in [6.07, 6.45) is 7.16. The summed E-state index contributed by atoms with van der Waals surface area (Å²) in [5.74, 6) is 0.682. The largest absolute Gasteiger partial charge is 0.490 e. The van der Waals surface area contributed by atoms with Gasteiger partial charge in [-0.3, -0.25) is 4.79 Å². The third kappa shape index (κ3) is 2.79. The predicted molar refractivity (Wildman–Crippen MR) is 84.7 cm³/mol. The van der Waals surface area contributed by atoms with Crippen molar-refractivity contribution in [2.75, 3.05) is 13.1 Å². The first-order chi connectivity index (χ1) is 11.2. The first-order valence-electron chi connectivity index (χ1n) is 7.82. The van der Waals surface area contributed by atoms with Crippen LogP contribution in [0.15, 0.2) is 30.6 Å². The van der Waals surface area contributed by atoms with E-state index in [4.69, 9.17) is 16.3 Å². The average Bonchev–Trinajstić information content (AvgIpc) is 2.95. The number of aromatic nitrogens is 3. The van der Waals surface area contributed by atoms with Crippen LogP contribution in [0.4, 0.5) is 0 Å². The van der Waals surface area contributed by atoms with Crippen molar-refractivity contribution in [2.24, 2.45) is 0 Å². The van der Waals surface area contributed by atoms with Crippen molar-refractivity contribution in [3.8, 4) is 5.75 Å². The highest BCUT2D eigenvalue weighted by atomic mass is 35.5. The Labute approximate surface area is 139 Å². The smallest absolute Gasteiger partial charge is 0.255 e. The summed E-state index contributed by atoms with van der Waals surface area (Å²) in [4.78, 5) is 14.3. The number of ether oxygens (including phenoxy) is 1. The Bertz CT molecular complexity index is 709. The Morgan fingerprint density at radius 2 is 2.13 bits per heavy atom. The molecule has 0 radical (unpaired) electrons. The molecule has 7 heteroatoms. The summed E-state index contributed by atoms with van der Waals surface area (Å²) >= 11 is 6.27. The van der Waals surface area contributed by atoms with Gasteiger partial charge in [0, 0.05) is 19.3 Å². The van der Waals surface area contributed by atoms with Crippen molar-refractivity contribution in [1.29, 1.82) is 0 Å². The second-order valence-corrected chi connectivity index (χ2v) is 6.47. The molecule has 23 heavy (non-hydrogen) atoms. The number of amides is 1. The fraction of sp³-hybridized carbons (Fsp3) is 0.438. The molecule has 4 rings (SSSR count). The summed E-state index contributed by atoms with van der Waals surface area (Å²) in [5.41, 5.74) is 0.518. The average molecular weight is 333 g/mol. The van der Waals surface area contributed by atoms with E-state index < -0.39 is 0 Å². The number of carbonyl (C=O) groups is 1. The number of likely N-dealkylation sites (tertiary alicyclic amines) is 1. The lowest BCUT2D eigenvalue weighted by atomic mass is 9.96. The standard InChI is InChI=1S/C16H17ClN4O2/c17-15-8-13(23-12-2-1-3-12)4-5-14(15)16(22)20-9-11(10-20)21-7-6-18-19-21/h4-8,11-12H,1-3,9-10H2. The van der Waals surface area contributed by atoms with E-state index in [0.29, 0.717) is 29.8 Å². The SMILES string of the molecule is O=C(c1ccc(OC2CCC2)cc1Cl)N1CC(n2ccnn2)C1. The Morgan fingerprint density at radius 3 is 2.74 bits per heavy atom. The lowest BCUT2D eigenvalue weighted by Crippen LogP contribution is -2.51. The van der Waals surface area contributed by atoms with Crippen LogP contribution in [-0.4, -0.2) is 45.0 Å². The van der Waals surface area contributed by atoms with Crippen LogP contribution in [-0.2, 0) is 0 Å². The molecule has 120 valence electrons. The van der Waals surface area contributed by atoms with Gasteiger partial charge < -0.3 is 9.64 Å². The third-order valence-corrected chi connectivity index (χ3v) is 4.80. The molecule has 2 aromatic rings. The maximum atomic E-state index is 12.5. The van der Waals surface area contributed by atoms with Gasteiger partial charge in [-0.1, -0.05) is 16.8 Å². The van der Waals surface area contributed by atoms with Gasteiger partial charge in [-0.2, -0.15) is 0 Å². The zero-order valence-corrected chi connectivity index (χ0v) is 13.3. The first kappa shape index (κ1) is 14.5. The Hall–Kier alpha value is -2.08. The Balaban J connectivity index is 1.40. The molecule has 0 bridgehead atoms. The number of hydrogen-bond donors (Lipinski definition) is 0. The van der Waals surface area contributed by atoms with Crippen molar-refractivity contribution >= 4 is 17.5 Å². The number of benzene rings is 1. The highest BCUT2D eigenvalue weighted by Crippen LogP contribution is 2.30. The van der Waals surface area contributed by atoms with Gasteiger partial charge in [0.2, 0.25) is 0 Å². The van der Waals surface area contributed by atoms with Crippen LogP contribution in [0.5, 0.6) is 5.75 Å². The summed E-state index contributed by atoms with van der Waals surface area (Å²) in [5, 5.41) is 8.19. The van der Waals surface area contributed by atoms with Gasteiger partial charge >= 0.3 is 0 Å².